The van der Waals surface area contributed by atoms with Gasteiger partial charge in [-0.2, -0.15) is 0 Å². The van der Waals surface area contributed by atoms with E-state index < -0.39 is 0 Å². The molecule has 0 heterocycles. The van der Waals surface area contributed by atoms with Gasteiger partial charge in [0.2, 0.25) is 0 Å². The summed E-state index contributed by atoms with van der Waals surface area (Å²) in [5.41, 5.74) is 8.77. The van der Waals surface area contributed by atoms with E-state index in [4.69, 9.17) is 10.5 Å². The van der Waals surface area contributed by atoms with Gasteiger partial charge in [-0.05, 0) is 41.3 Å². The fraction of sp³-hybridized carbons (Fsp3) is 0.444. The Morgan fingerprint density at radius 2 is 1.85 bits per heavy atom. The molecule has 2 nitrogen and oxygen atoms in total. The fourth-order valence-corrected chi connectivity index (χ4v) is 3.63. The van der Waals surface area contributed by atoms with Crippen molar-refractivity contribution in [3.05, 3.63) is 41.5 Å². The van der Waals surface area contributed by atoms with Crippen molar-refractivity contribution in [2.45, 2.75) is 44.6 Å². The molecule has 0 saturated heterocycles. The molecule has 106 valence electrons. The first-order valence-electron chi connectivity index (χ1n) is 7.63. The van der Waals surface area contributed by atoms with Crippen molar-refractivity contribution in [3.8, 4) is 5.75 Å². The number of ether oxygens (including phenoxy) is 1. The second-order valence-electron chi connectivity index (χ2n) is 5.73. The second-order valence-corrected chi connectivity index (χ2v) is 5.73. The largest absolute Gasteiger partial charge is 0.496 e. The van der Waals surface area contributed by atoms with Gasteiger partial charge in [0.15, 0.2) is 0 Å². The van der Waals surface area contributed by atoms with Gasteiger partial charge in [0.1, 0.15) is 5.75 Å². The summed E-state index contributed by atoms with van der Waals surface area (Å²) in [6, 6.07) is 10.7. The Hall–Kier alpha value is -1.54. The topological polar surface area (TPSA) is 35.2 Å². The molecule has 0 aliphatic heterocycles. The maximum absolute atomic E-state index is 5.99. The van der Waals surface area contributed by atoms with Crippen molar-refractivity contribution in [3.63, 3.8) is 0 Å². The number of hydrogen-bond acceptors (Lipinski definition) is 2. The second kappa shape index (κ2) is 5.84. The first-order valence-corrected chi connectivity index (χ1v) is 7.63. The van der Waals surface area contributed by atoms with Crippen LogP contribution in [-0.4, -0.2) is 7.11 Å². The van der Waals surface area contributed by atoms with Crippen molar-refractivity contribution in [2.75, 3.05) is 7.11 Å². The highest BCUT2D eigenvalue weighted by molar-refractivity contribution is 5.92. The van der Waals surface area contributed by atoms with Crippen LogP contribution in [0.3, 0.4) is 0 Å². The van der Waals surface area contributed by atoms with Crippen LogP contribution < -0.4 is 10.5 Å². The van der Waals surface area contributed by atoms with Crippen LogP contribution in [0.4, 0.5) is 0 Å². The molecule has 2 N–H and O–H groups in total. The zero-order valence-corrected chi connectivity index (χ0v) is 12.2. The average molecular weight is 269 g/mol. The highest BCUT2D eigenvalue weighted by Gasteiger charge is 2.21. The van der Waals surface area contributed by atoms with Crippen LogP contribution in [0.5, 0.6) is 5.75 Å². The number of hydrogen-bond donors (Lipinski definition) is 1. The van der Waals surface area contributed by atoms with Crippen molar-refractivity contribution in [2.24, 2.45) is 5.73 Å². The molecule has 0 amide bonds. The Morgan fingerprint density at radius 1 is 1.05 bits per heavy atom. The highest BCUT2D eigenvalue weighted by atomic mass is 16.5. The molecular formula is C18H23NO. The molecule has 1 aliphatic rings. The molecule has 0 unspecified atom stereocenters. The quantitative estimate of drug-likeness (QED) is 0.898. The van der Waals surface area contributed by atoms with E-state index in [1.165, 1.54) is 54.0 Å². The number of rotatable bonds is 3. The van der Waals surface area contributed by atoms with Gasteiger partial charge in [-0.15, -0.1) is 0 Å². The summed E-state index contributed by atoms with van der Waals surface area (Å²) in [4.78, 5) is 0. The van der Waals surface area contributed by atoms with E-state index in [0.29, 0.717) is 12.5 Å². The van der Waals surface area contributed by atoms with Crippen molar-refractivity contribution < 1.29 is 4.74 Å². The summed E-state index contributed by atoms with van der Waals surface area (Å²) in [6.45, 7) is 0.624. The number of fused-ring (bicyclic) bond motifs is 1. The van der Waals surface area contributed by atoms with Crippen LogP contribution in [0.2, 0.25) is 0 Å². The molecule has 2 aromatic carbocycles. The Kier molecular flexibility index (Phi) is 3.93. The van der Waals surface area contributed by atoms with E-state index >= 15 is 0 Å². The van der Waals surface area contributed by atoms with E-state index in [-0.39, 0.29) is 0 Å². The molecule has 2 aromatic rings. The van der Waals surface area contributed by atoms with Gasteiger partial charge in [-0.3, -0.25) is 0 Å². The minimum atomic E-state index is 0.624. The third-order valence-electron chi connectivity index (χ3n) is 4.61. The Balaban J connectivity index is 2.20. The lowest BCUT2D eigenvalue weighted by Gasteiger charge is -2.26. The van der Waals surface area contributed by atoms with Gasteiger partial charge in [-0.25, -0.2) is 0 Å². The average Bonchev–Trinajstić information content (AvgIpc) is 2.53. The van der Waals surface area contributed by atoms with E-state index in [1.54, 1.807) is 7.11 Å². The predicted octanol–water partition coefficient (Wildman–Crippen LogP) is 4.35. The lowest BCUT2D eigenvalue weighted by atomic mass is 9.80. The molecule has 1 aliphatic carbocycles. The van der Waals surface area contributed by atoms with E-state index in [9.17, 15) is 0 Å². The number of benzene rings is 2. The predicted molar refractivity (Wildman–Crippen MR) is 84.2 cm³/mol. The highest BCUT2D eigenvalue weighted by Crippen LogP contribution is 2.40. The van der Waals surface area contributed by atoms with Gasteiger partial charge >= 0.3 is 0 Å². The standard InChI is InChI=1S/C18H23NO/c1-20-17-9-5-8-16-15(17)11-10-14(12-19)18(16)13-6-3-2-4-7-13/h5,8-11,13H,2-4,6-7,12,19H2,1H3. The van der Waals surface area contributed by atoms with E-state index in [2.05, 4.69) is 24.3 Å². The third kappa shape index (κ3) is 2.29. The number of nitrogens with two attached hydrogens (primary N) is 1. The SMILES string of the molecule is COc1cccc2c(C3CCCCC3)c(CN)ccc12. The number of methoxy groups -OCH3 is 1. The summed E-state index contributed by atoms with van der Waals surface area (Å²) in [6.07, 6.45) is 6.65. The van der Waals surface area contributed by atoms with Crippen LogP contribution in [0.1, 0.15) is 49.1 Å². The third-order valence-corrected chi connectivity index (χ3v) is 4.61. The van der Waals surface area contributed by atoms with Crippen molar-refractivity contribution in [1.82, 2.24) is 0 Å². The van der Waals surface area contributed by atoms with Gasteiger partial charge in [0.05, 0.1) is 7.11 Å². The van der Waals surface area contributed by atoms with Gasteiger partial charge in [0.25, 0.3) is 0 Å². The smallest absolute Gasteiger partial charge is 0.126 e. The molecule has 20 heavy (non-hydrogen) atoms. The molecule has 0 atom stereocenters. The molecular weight excluding hydrogens is 246 g/mol. The first-order chi connectivity index (χ1) is 9.85. The molecule has 0 aromatic heterocycles. The zero-order chi connectivity index (χ0) is 13.9. The van der Waals surface area contributed by atoms with Crippen molar-refractivity contribution >= 4 is 10.8 Å². The molecule has 2 heteroatoms. The zero-order valence-electron chi connectivity index (χ0n) is 12.2. The summed E-state index contributed by atoms with van der Waals surface area (Å²) in [5.74, 6) is 1.63. The van der Waals surface area contributed by atoms with Crippen LogP contribution in [-0.2, 0) is 6.54 Å². The molecule has 1 saturated carbocycles. The van der Waals surface area contributed by atoms with Crippen LogP contribution in [0.15, 0.2) is 30.3 Å². The molecule has 0 spiro atoms. The van der Waals surface area contributed by atoms with Crippen LogP contribution in [0.25, 0.3) is 10.8 Å². The van der Waals surface area contributed by atoms with Gasteiger partial charge in [-0.1, -0.05) is 43.5 Å². The normalized spacial score (nSPS) is 16.5. The summed E-state index contributed by atoms with van der Waals surface area (Å²) in [7, 11) is 1.74. The lowest BCUT2D eigenvalue weighted by molar-refractivity contribution is 0.419. The minimum Gasteiger partial charge on any atom is -0.496 e. The van der Waals surface area contributed by atoms with Crippen molar-refractivity contribution in [1.29, 1.82) is 0 Å². The Labute approximate surface area is 120 Å². The fourth-order valence-electron chi connectivity index (χ4n) is 3.63. The maximum Gasteiger partial charge on any atom is 0.126 e. The molecule has 0 bridgehead atoms. The van der Waals surface area contributed by atoms with Crippen LogP contribution >= 0.6 is 0 Å². The van der Waals surface area contributed by atoms with E-state index in [1.807, 2.05) is 6.07 Å². The molecule has 0 radical (unpaired) electrons. The monoisotopic (exact) mass is 269 g/mol. The summed E-state index contributed by atoms with van der Waals surface area (Å²) >= 11 is 0. The Bertz CT molecular complexity index is 600. The van der Waals surface area contributed by atoms with Crippen LogP contribution in [0, 0.1) is 0 Å². The maximum atomic E-state index is 5.99. The van der Waals surface area contributed by atoms with Gasteiger partial charge < -0.3 is 10.5 Å². The van der Waals surface area contributed by atoms with Gasteiger partial charge in [0, 0.05) is 11.9 Å². The minimum absolute atomic E-state index is 0.624. The summed E-state index contributed by atoms with van der Waals surface area (Å²) < 4.78 is 5.51. The Morgan fingerprint density at radius 3 is 2.55 bits per heavy atom. The first kappa shape index (κ1) is 13.4. The van der Waals surface area contributed by atoms with E-state index in [0.717, 1.165) is 5.75 Å². The molecule has 3 rings (SSSR count). The molecule has 1 fully saturated rings. The lowest BCUT2D eigenvalue weighted by Crippen LogP contribution is -2.10. The summed E-state index contributed by atoms with van der Waals surface area (Å²) in [5, 5.41) is 2.55.